The van der Waals surface area contributed by atoms with E-state index in [0.717, 1.165) is 42.1 Å². The molecule has 0 saturated carbocycles. The van der Waals surface area contributed by atoms with Crippen molar-refractivity contribution in [3.05, 3.63) is 59.7 Å². The van der Waals surface area contributed by atoms with Crippen LogP contribution in [0.3, 0.4) is 0 Å². The van der Waals surface area contributed by atoms with Crippen LogP contribution in [0.4, 0.5) is 11.4 Å². The summed E-state index contributed by atoms with van der Waals surface area (Å²) in [6.45, 7) is 3.21. The van der Waals surface area contributed by atoms with Crippen molar-refractivity contribution in [3.8, 4) is 0 Å². The highest BCUT2D eigenvalue weighted by Gasteiger charge is 2.32. The largest absolute Gasteiger partial charge is 0.380 e. The number of benzene rings is 2. The van der Waals surface area contributed by atoms with Crippen LogP contribution in [0.2, 0.25) is 0 Å². The van der Waals surface area contributed by atoms with Crippen LogP contribution in [0, 0.1) is 0 Å². The molecular weight excluding hydrogens is 346 g/mol. The third kappa shape index (κ3) is 4.68. The second-order valence-electron chi connectivity index (χ2n) is 8.40. The maximum Gasteiger partial charge on any atom is 0.116 e. The van der Waals surface area contributed by atoms with E-state index in [0.29, 0.717) is 6.42 Å². The number of aliphatic hydroxyl groups is 1. The van der Waals surface area contributed by atoms with Gasteiger partial charge in [0.25, 0.3) is 0 Å². The molecule has 0 aromatic heterocycles. The predicted molar refractivity (Wildman–Crippen MR) is 119 cm³/mol. The number of hydrogen-bond acceptors (Lipinski definition) is 4. The molecule has 4 heteroatoms. The number of likely N-dealkylation sites (tertiary alicyclic amines) is 1. The molecule has 0 unspecified atom stereocenters. The molecule has 2 aromatic carbocycles. The molecule has 0 radical (unpaired) electrons. The molecule has 1 fully saturated rings. The van der Waals surface area contributed by atoms with Crippen LogP contribution in [-0.2, 0) is 5.60 Å². The van der Waals surface area contributed by atoms with Gasteiger partial charge in [-0.15, -0.1) is 0 Å². The SMILES string of the molecule is CN(C)c1ccc(C(O)(CCN2CCCCC2)c2ccc(N(C)C)cc2)cc1. The predicted octanol–water partition coefficient (Wildman–Crippen LogP) is 3.93. The van der Waals surface area contributed by atoms with Gasteiger partial charge in [-0.2, -0.15) is 0 Å². The van der Waals surface area contributed by atoms with E-state index < -0.39 is 5.60 Å². The van der Waals surface area contributed by atoms with Gasteiger partial charge in [0.15, 0.2) is 0 Å². The van der Waals surface area contributed by atoms with Crippen LogP contribution in [0.15, 0.2) is 48.5 Å². The summed E-state index contributed by atoms with van der Waals surface area (Å²) in [6, 6.07) is 16.7. The molecule has 3 rings (SSSR count). The smallest absolute Gasteiger partial charge is 0.116 e. The third-order valence-electron chi connectivity index (χ3n) is 5.96. The summed E-state index contributed by atoms with van der Waals surface area (Å²) in [6.07, 6.45) is 4.58. The molecule has 0 spiro atoms. The maximum atomic E-state index is 11.9. The van der Waals surface area contributed by atoms with Crippen molar-refractivity contribution < 1.29 is 5.11 Å². The molecular formula is C24H35N3O. The molecule has 1 saturated heterocycles. The first-order valence-corrected chi connectivity index (χ1v) is 10.4. The Labute approximate surface area is 170 Å². The monoisotopic (exact) mass is 381 g/mol. The molecule has 4 nitrogen and oxygen atoms in total. The zero-order valence-electron chi connectivity index (χ0n) is 17.9. The van der Waals surface area contributed by atoms with E-state index in [1.165, 1.54) is 19.3 Å². The zero-order chi connectivity index (χ0) is 20.1. The van der Waals surface area contributed by atoms with E-state index in [1.807, 2.05) is 28.2 Å². The van der Waals surface area contributed by atoms with Crippen molar-refractivity contribution in [1.29, 1.82) is 0 Å². The van der Waals surface area contributed by atoms with Gasteiger partial charge < -0.3 is 19.8 Å². The summed E-state index contributed by atoms with van der Waals surface area (Å²) < 4.78 is 0. The number of hydrogen-bond donors (Lipinski definition) is 1. The molecule has 1 heterocycles. The Morgan fingerprint density at radius 2 is 1.18 bits per heavy atom. The van der Waals surface area contributed by atoms with E-state index in [2.05, 4.69) is 63.2 Å². The standard InChI is InChI=1S/C24H35N3O/c1-25(2)22-12-8-20(9-13-22)24(28,16-19-27-17-6-5-7-18-27)21-10-14-23(15-11-21)26(3)4/h8-15,28H,5-7,16-19H2,1-4H3. The second kappa shape index (κ2) is 8.97. The third-order valence-corrected chi connectivity index (χ3v) is 5.96. The fraction of sp³-hybridized carbons (Fsp3) is 0.500. The minimum absolute atomic E-state index is 0.704. The molecule has 0 atom stereocenters. The molecule has 2 aromatic rings. The molecule has 0 aliphatic carbocycles. The lowest BCUT2D eigenvalue weighted by Gasteiger charge is -2.34. The first kappa shape index (κ1) is 20.7. The minimum atomic E-state index is -0.979. The number of piperidine rings is 1. The topological polar surface area (TPSA) is 30.0 Å². The van der Waals surface area contributed by atoms with Crippen LogP contribution in [-0.4, -0.2) is 57.8 Å². The Kier molecular flexibility index (Phi) is 6.63. The first-order chi connectivity index (χ1) is 13.4. The molecule has 1 aliphatic heterocycles. The zero-order valence-corrected chi connectivity index (χ0v) is 17.9. The van der Waals surface area contributed by atoms with E-state index >= 15 is 0 Å². The lowest BCUT2D eigenvalue weighted by atomic mass is 9.83. The van der Waals surface area contributed by atoms with Gasteiger partial charge in [-0.05, 0) is 67.7 Å². The summed E-state index contributed by atoms with van der Waals surface area (Å²) in [7, 11) is 8.16. The van der Waals surface area contributed by atoms with Crippen molar-refractivity contribution in [1.82, 2.24) is 4.90 Å². The molecule has 152 valence electrons. The van der Waals surface area contributed by atoms with Gasteiger partial charge in [-0.25, -0.2) is 0 Å². The summed E-state index contributed by atoms with van der Waals surface area (Å²) in [4.78, 5) is 6.67. The van der Waals surface area contributed by atoms with Crippen LogP contribution in [0.5, 0.6) is 0 Å². The van der Waals surface area contributed by atoms with Gasteiger partial charge in [0.2, 0.25) is 0 Å². The highest BCUT2D eigenvalue weighted by Crippen LogP contribution is 2.35. The second-order valence-corrected chi connectivity index (χ2v) is 8.40. The summed E-state index contributed by atoms with van der Waals surface area (Å²) >= 11 is 0. The van der Waals surface area contributed by atoms with E-state index in [9.17, 15) is 5.11 Å². The van der Waals surface area contributed by atoms with Gasteiger partial charge in [-0.3, -0.25) is 0 Å². The number of nitrogens with zero attached hydrogens (tertiary/aromatic N) is 3. The summed E-state index contributed by atoms with van der Waals surface area (Å²) in [5, 5.41) is 11.9. The normalized spacial score (nSPS) is 15.5. The van der Waals surface area contributed by atoms with E-state index in [-0.39, 0.29) is 0 Å². The average Bonchev–Trinajstić information content (AvgIpc) is 2.73. The van der Waals surface area contributed by atoms with Gasteiger partial charge in [-0.1, -0.05) is 30.7 Å². The molecule has 1 N–H and O–H groups in total. The number of rotatable bonds is 7. The highest BCUT2D eigenvalue weighted by atomic mass is 16.3. The maximum absolute atomic E-state index is 11.9. The minimum Gasteiger partial charge on any atom is -0.380 e. The quantitative estimate of drug-likeness (QED) is 0.787. The van der Waals surface area contributed by atoms with Crippen LogP contribution < -0.4 is 9.80 Å². The van der Waals surface area contributed by atoms with Crippen molar-refractivity contribution in [3.63, 3.8) is 0 Å². The van der Waals surface area contributed by atoms with Gasteiger partial charge >= 0.3 is 0 Å². The molecule has 0 bridgehead atoms. The summed E-state index contributed by atoms with van der Waals surface area (Å²) in [5.74, 6) is 0. The molecule has 28 heavy (non-hydrogen) atoms. The van der Waals surface area contributed by atoms with E-state index in [4.69, 9.17) is 0 Å². The van der Waals surface area contributed by atoms with E-state index in [1.54, 1.807) is 0 Å². The van der Waals surface area contributed by atoms with Crippen molar-refractivity contribution in [2.75, 3.05) is 57.6 Å². The Morgan fingerprint density at radius 1 is 0.750 bits per heavy atom. The first-order valence-electron chi connectivity index (χ1n) is 10.4. The molecule has 0 amide bonds. The van der Waals surface area contributed by atoms with Crippen molar-refractivity contribution in [2.45, 2.75) is 31.3 Å². The van der Waals surface area contributed by atoms with Gasteiger partial charge in [0, 0.05) is 46.1 Å². The summed E-state index contributed by atoms with van der Waals surface area (Å²) in [5.41, 5.74) is 3.24. The Morgan fingerprint density at radius 3 is 1.57 bits per heavy atom. The fourth-order valence-corrected chi connectivity index (χ4v) is 4.03. The van der Waals surface area contributed by atoms with Crippen LogP contribution in [0.25, 0.3) is 0 Å². The lowest BCUT2D eigenvalue weighted by Crippen LogP contribution is -2.37. The Bertz CT molecular complexity index is 680. The van der Waals surface area contributed by atoms with Crippen molar-refractivity contribution in [2.24, 2.45) is 0 Å². The average molecular weight is 382 g/mol. The van der Waals surface area contributed by atoms with Crippen LogP contribution in [0.1, 0.15) is 36.8 Å². The van der Waals surface area contributed by atoms with Gasteiger partial charge in [0.05, 0.1) is 0 Å². The Balaban J connectivity index is 1.89. The Hall–Kier alpha value is -2.04. The van der Waals surface area contributed by atoms with Crippen LogP contribution >= 0.6 is 0 Å². The van der Waals surface area contributed by atoms with Gasteiger partial charge in [0.1, 0.15) is 5.60 Å². The molecule has 1 aliphatic rings. The fourth-order valence-electron chi connectivity index (χ4n) is 4.03. The highest BCUT2D eigenvalue weighted by molar-refractivity contribution is 5.51. The van der Waals surface area contributed by atoms with Crippen molar-refractivity contribution >= 4 is 11.4 Å². The lowest BCUT2D eigenvalue weighted by molar-refractivity contribution is 0.0546. The number of anilines is 2.